The fourth-order valence-electron chi connectivity index (χ4n) is 4.18. The van der Waals surface area contributed by atoms with Gasteiger partial charge in [-0.25, -0.2) is 13.1 Å². The maximum absolute atomic E-state index is 13.3. The third kappa shape index (κ3) is 5.76. The number of benzene rings is 1. The topological polar surface area (TPSA) is 158 Å². The molecule has 202 valence electrons. The number of nitrogens with one attached hydrogen (secondary N) is 1. The minimum Gasteiger partial charge on any atom is -0.379 e. The number of amides is 1. The first-order valence-corrected chi connectivity index (χ1v) is 14.4. The predicted molar refractivity (Wildman–Crippen MR) is 142 cm³/mol. The summed E-state index contributed by atoms with van der Waals surface area (Å²) in [6, 6.07) is 8.41. The van der Waals surface area contributed by atoms with Crippen LogP contribution in [0, 0.1) is 0 Å². The van der Waals surface area contributed by atoms with E-state index in [4.69, 9.17) is 15.3 Å². The molecule has 3 aromatic rings. The van der Waals surface area contributed by atoms with E-state index in [0.717, 1.165) is 17.4 Å². The van der Waals surface area contributed by atoms with E-state index in [1.807, 2.05) is 6.07 Å². The van der Waals surface area contributed by atoms with E-state index in [9.17, 15) is 13.2 Å². The van der Waals surface area contributed by atoms with Crippen molar-refractivity contribution >= 4 is 39.1 Å². The molecule has 0 aliphatic carbocycles. The van der Waals surface area contributed by atoms with Crippen LogP contribution in [0.15, 0.2) is 52.8 Å². The van der Waals surface area contributed by atoms with Crippen molar-refractivity contribution in [3.8, 4) is 11.4 Å². The molecule has 2 aliphatic heterocycles. The number of hydrogen-bond acceptors (Lipinski definition) is 11. The highest BCUT2D eigenvalue weighted by atomic mass is 32.2. The van der Waals surface area contributed by atoms with Crippen LogP contribution in [-0.4, -0.2) is 96.8 Å². The Morgan fingerprint density at radius 3 is 2.50 bits per heavy atom. The molecule has 2 aliphatic rings. The number of sulfonamides is 1. The van der Waals surface area contributed by atoms with Crippen LogP contribution in [-0.2, 0) is 24.3 Å². The van der Waals surface area contributed by atoms with Crippen LogP contribution in [0.4, 0.5) is 11.4 Å². The lowest BCUT2D eigenvalue weighted by molar-refractivity contribution is -0.113. The highest BCUT2D eigenvalue weighted by Crippen LogP contribution is 2.31. The Kier molecular flexibility index (Phi) is 8.09. The summed E-state index contributed by atoms with van der Waals surface area (Å²) in [6.07, 6.45) is 3.27. The first-order chi connectivity index (χ1) is 18.4. The summed E-state index contributed by atoms with van der Waals surface area (Å²) in [5.41, 5.74) is 1.85. The molecule has 2 fully saturated rings. The van der Waals surface area contributed by atoms with Gasteiger partial charge >= 0.3 is 0 Å². The van der Waals surface area contributed by atoms with Crippen molar-refractivity contribution in [3.05, 3.63) is 42.7 Å². The average molecular weight is 561 g/mol. The van der Waals surface area contributed by atoms with E-state index in [2.05, 4.69) is 25.4 Å². The van der Waals surface area contributed by atoms with E-state index in [1.54, 1.807) is 30.6 Å². The number of nitrogens with zero attached hydrogens (tertiary/aromatic N) is 6. The number of ether oxygens (including phenoxy) is 2. The summed E-state index contributed by atoms with van der Waals surface area (Å²) in [6.45, 7) is 3.60. The number of carbonyl (C=O) groups is 1. The molecule has 15 heteroatoms. The summed E-state index contributed by atoms with van der Waals surface area (Å²) >= 11 is 1.12. The number of aromatic nitrogens is 4. The van der Waals surface area contributed by atoms with Crippen LogP contribution >= 0.6 is 11.8 Å². The Morgan fingerprint density at radius 2 is 1.79 bits per heavy atom. The van der Waals surface area contributed by atoms with Crippen LogP contribution in [0.5, 0.6) is 0 Å². The lowest BCUT2D eigenvalue weighted by Crippen LogP contribution is -2.40. The lowest BCUT2D eigenvalue weighted by Gasteiger charge is -2.31. The van der Waals surface area contributed by atoms with Crippen molar-refractivity contribution in [1.82, 2.24) is 24.2 Å². The minimum absolute atomic E-state index is 0.00857. The quantitative estimate of drug-likeness (QED) is 0.294. The molecule has 2 aromatic heterocycles. The van der Waals surface area contributed by atoms with Gasteiger partial charge in [0, 0.05) is 44.1 Å². The molecule has 0 spiro atoms. The van der Waals surface area contributed by atoms with Crippen LogP contribution < -0.4 is 16.1 Å². The number of hydrogen-bond donors (Lipinski definition) is 2. The van der Waals surface area contributed by atoms with Crippen molar-refractivity contribution in [2.24, 2.45) is 0 Å². The van der Waals surface area contributed by atoms with Crippen LogP contribution in [0.2, 0.25) is 0 Å². The summed E-state index contributed by atoms with van der Waals surface area (Å²) < 4.78 is 40.0. The molecule has 5 rings (SSSR count). The number of nitrogen functional groups attached to an aromatic ring is 1. The molecule has 0 bridgehead atoms. The van der Waals surface area contributed by atoms with Crippen molar-refractivity contribution in [3.63, 3.8) is 0 Å². The van der Waals surface area contributed by atoms with Crippen molar-refractivity contribution in [2.75, 3.05) is 74.4 Å². The molecule has 0 unspecified atom stereocenters. The maximum Gasteiger partial charge on any atom is 0.243 e. The Labute approximate surface area is 224 Å². The van der Waals surface area contributed by atoms with Gasteiger partial charge in [-0.15, -0.1) is 10.2 Å². The van der Waals surface area contributed by atoms with E-state index < -0.39 is 10.0 Å². The fourth-order valence-corrected chi connectivity index (χ4v) is 6.27. The Balaban J connectivity index is 1.34. The monoisotopic (exact) mass is 560 g/mol. The molecule has 4 heterocycles. The van der Waals surface area contributed by atoms with Gasteiger partial charge < -0.3 is 25.5 Å². The lowest BCUT2D eigenvalue weighted by atomic mass is 10.2. The standard InChI is InChI=1S/C23H28N8O5S2/c24-31-22(17-2-1-5-25-15-17)27-28-23(31)37-16-21(32)26-19-14-18(38(33,34)30-8-12-36-13-9-30)3-4-20(19)29-6-10-35-11-7-29/h1-5,14-15H,6-13,16,24H2,(H,26,32). The molecule has 13 nitrogen and oxygen atoms in total. The zero-order valence-corrected chi connectivity index (χ0v) is 22.2. The highest BCUT2D eigenvalue weighted by Gasteiger charge is 2.28. The number of nitrogens with two attached hydrogens (primary N) is 1. The van der Waals surface area contributed by atoms with E-state index in [0.29, 0.717) is 61.7 Å². The number of carbonyl (C=O) groups excluding carboxylic acids is 1. The zero-order valence-electron chi connectivity index (χ0n) is 20.5. The van der Waals surface area contributed by atoms with Gasteiger partial charge in [0.1, 0.15) is 0 Å². The molecule has 3 N–H and O–H groups in total. The van der Waals surface area contributed by atoms with Crippen LogP contribution in [0.1, 0.15) is 0 Å². The second-order valence-electron chi connectivity index (χ2n) is 8.55. The van der Waals surface area contributed by atoms with Gasteiger partial charge in [0.25, 0.3) is 0 Å². The van der Waals surface area contributed by atoms with E-state index in [1.165, 1.54) is 15.0 Å². The number of pyridine rings is 1. The summed E-state index contributed by atoms with van der Waals surface area (Å²) in [4.78, 5) is 19.3. The molecule has 1 aromatic carbocycles. The third-order valence-electron chi connectivity index (χ3n) is 6.12. The van der Waals surface area contributed by atoms with Crippen molar-refractivity contribution in [1.29, 1.82) is 0 Å². The first-order valence-electron chi connectivity index (χ1n) is 12.0. The Bertz CT molecular complexity index is 1370. The van der Waals surface area contributed by atoms with Gasteiger partial charge in [0.2, 0.25) is 21.1 Å². The molecule has 1 amide bonds. The Hall–Kier alpha value is -3.24. The van der Waals surface area contributed by atoms with Gasteiger partial charge in [-0.2, -0.15) is 4.31 Å². The predicted octanol–water partition coefficient (Wildman–Crippen LogP) is 0.642. The largest absolute Gasteiger partial charge is 0.379 e. The zero-order chi connectivity index (χ0) is 26.5. The molecular weight excluding hydrogens is 532 g/mol. The fraction of sp³-hybridized carbons (Fsp3) is 0.391. The number of thioether (sulfide) groups is 1. The van der Waals surface area contributed by atoms with E-state index in [-0.39, 0.29) is 29.6 Å². The molecule has 0 atom stereocenters. The molecule has 2 saturated heterocycles. The molecule has 0 radical (unpaired) electrons. The van der Waals surface area contributed by atoms with E-state index >= 15 is 0 Å². The summed E-state index contributed by atoms with van der Waals surface area (Å²) in [5.74, 6) is 6.23. The van der Waals surface area contributed by atoms with Gasteiger partial charge in [-0.05, 0) is 30.3 Å². The number of anilines is 2. The van der Waals surface area contributed by atoms with Crippen molar-refractivity contribution in [2.45, 2.75) is 10.1 Å². The summed E-state index contributed by atoms with van der Waals surface area (Å²) in [5, 5.41) is 11.4. The molecular formula is C23H28N8O5S2. The maximum atomic E-state index is 13.3. The van der Waals surface area contributed by atoms with Gasteiger partial charge in [-0.3, -0.25) is 9.78 Å². The first kappa shape index (κ1) is 26.4. The Morgan fingerprint density at radius 1 is 1.05 bits per heavy atom. The van der Waals surface area contributed by atoms with Crippen LogP contribution in [0.3, 0.4) is 0 Å². The normalized spacial score (nSPS) is 16.9. The SMILES string of the molecule is Nn1c(SCC(=O)Nc2cc(S(=O)(=O)N3CCOCC3)ccc2N2CCOCC2)nnc1-c1cccnc1. The van der Waals surface area contributed by atoms with Crippen molar-refractivity contribution < 1.29 is 22.7 Å². The average Bonchev–Trinajstić information content (AvgIpc) is 3.33. The summed E-state index contributed by atoms with van der Waals surface area (Å²) in [7, 11) is -3.74. The minimum atomic E-state index is -3.74. The highest BCUT2D eigenvalue weighted by molar-refractivity contribution is 7.99. The van der Waals surface area contributed by atoms with Crippen LogP contribution in [0.25, 0.3) is 11.4 Å². The number of morpholine rings is 2. The third-order valence-corrected chi connectivity index (χ3v) is 8.96. The second-order valence-corrected chi connectivity index (χ2v) is 11.4. The molecule has 38 heavy (non-hydrogen) atoms. The van der Waals surface area contributed by atoms with Gasteiger partial charge in [0.05, 0.1) is 48.5 Å². The number of rotatable bonds is 8. The smallest absolute Gasteiger partial charge is 0.243 e. The van der Waals surface area contributed by atoms with Gasteiger partial charge in [0.15, 0.2) is 5.82 Å². The van der Waals surface area contributed by atoms with Gasteiger partial charge in [-0.1, -0.05) is 11.8 Å². The second kappa shape index (κ2) is 11.7. The molecule has 0 saturated carbocycles.